The Morgan fingerprint density at radius 3 is 2.89 bits per heavy atom. The Balaban J connectivity index is 2.60. The highest BCUT2D eigenvalue weighted by molar-refractivity contribution is 7.99. The van der Waals surface area contributed by atoms with Gasteiger partial charge in [-0.1, -0.05) is 11.6 Å². The highest BCUT2D eigenvalue weighted by atomic mass is 35.5. The van der Waals surface area contributed by atoms with Gasteiger partial charge in [0.1, 0.15) is 11.4 Å². The molecule has 0 aliphatic carbocycles. The van der Waals surface area contributed by atoms with Crippen molar-refractivity contribution in [2.45, 2.75) is 11.6 Å². The van der Waals surface area contributed by atoms with Crippen molar-refractivity contribution in [1.82, 2.24) is 4.57 Å². The van der Waals surface area contributed by atoms with Crippen LogP contribution in [0.15, 0.2) is 22.0 Å². The van der Waals surface area contributed by atoms with Crippen molar-refractivity contribution in [2.75, 3.05) is 5.75 Å². The summed E-state index contributed by atoms with van der Waals surface area (Å²) in [6.45, 7) is 0.568. The van der Waals surface area contributed by atoms with Crippen LogP contribution in [0.1, 0.15) is 10.4 Å². The van der Waals surface area contributed by atoms with Crippen LogP contribution >= 0.6 is 23.4 Å². The topological polar surface area (TPSA) is 59.3 Å². The summed E-state index contributed by atoms with van der Waals surface area (Å²) < 4.78 is 15.2. The molecule has 0 bridgehead atoms. The van der Waals surface area contributed by atoms with Gasteiger partial charge in [-0.2, -0.15) is 0 Å². The van der Waals surface area contributed by atoms with Crippen LogP contribution in [0.4, 0.5) is 4.39 Å². The molecule has 0 radical (unpaired) electrons. The molecule has 0 unspecified atom stereocenters. The Kier molecular flexibility index (Phi) is 2.79. The third-order valence-electron chi connectivity index (χ3n) is 3.04. The van der Waals surface area contributed by atoms with Gasteiger partial charge in [0.05, 0.1) is 21.0 Å². The van der Waals surface area contributed by atoms with Gasteiger partial charge in [0, 0.05) is 12.3 Å². The molecule has 1 aliphatic rings. The maximum absolute atomic E-state index is 13.5. The van der Waals surface area contributed by atoms with Crippen molar-refractivity contribution < 1.29 is 14.3 Å². The predicted molar refractivity (Wildman–Crippen MR) is 70.9 cm³/mol. The van der Waals surface area contributed by atoms with E-state index in [1.807, 2.05) is 0 Å². The second-order valence-electron chi connectivity index (χ2n) is 4.07. The van der Waals surface area contributed by atoms with Gasteiger partial charge in [0.25, 0.3) is 0 Å². The third kappa shape index (κ3) is 1.67. The summed E-state index contributed by atoms with van der Waals surface area (Å²) in [5, 5.41) is 9.21. The number of benzene rings is 1. The number of aromatic carboxylic acids is 1. The number of carbonyl (C=O) groups is 1. The van der Waals surface area contributed by atoms with Gasteiger partial charge in [-0.05, 0) is 12.1 Å². The predicted octanol–water partition coefficient (Wildman–Crippen LogP) is 2.60. The average molecular weight is 300 g/mol. The summed E-state index contributed by atoms with van der Waals surface area (Å²) in [6, 6.07) is 2.64. The van der Waals surface area contributed by atoms with Crippen LogP contribution in [0.5, 0.6) is 0 Å². The summed E-state index contributed by atoms with van der Waals surface area (Å²) >= 11 is 7.13. The number of halogens is 2. The lowest BCUT2D eigenvalue weighted by atomic mass is 10.1. The zero-order valence-electron chi connectivity index (χ0n) is 9.44. The molecule has 4 nitrogen and oxygen atoms in total. The van der Waals surface area contributed by atoms with Gasteiger partial charge >= 0.3 is 5.97 Å². The molecule has 0 saturated heterocycles. The van der Waals surface area contributed by atoms with Crippen molar-refractivity contribution in [3.05, 3.63) is 38.8 Å². The minimum Gasteiger partial charge on any atom is -0.477 e. The lowest BCUT2D eigenvalue weighted by Crippen LogP contribution is -2.20. The molecule has 1 aromatic heterocycles. The van der Waals surface area contributed by atoms with Crippen molar-refractivity contribution in [3.8, 4) is 0 Å². The molecule has 1 aliphatic heterocycles. The van der Waals surface area contributed by atoms with E-state index in [9.17, 15) is 19.1 Å². The smallest absolute Gasteiger partial charge is 0.342 e. The largest absolute Gasteiger partial charge is 0.477 e. The van der Waals surface area contributed by atoms with Crippen LogP contribution in [-0.4, -0.2) is 21.4 Å². The van der Waals surface area contributed by atoms with E-state index < -0.39 is 17.2 Å². The van der Waals surface area contributed by atoms with Crippen molar-refractivity contribution in [1.29, 1.82) is 0 Å². The first-order valence-electron chi connectivity index (χ1n) is 5.43. The van der Waals surface area contributed by atoms with E-state index in [1.54, 1.807) is 4.57 Å². The molecule has 3 rings (SSSR count). The highest BCUT2D eigenvalue weighted by Crippen LogP contribution is 2.34. The van der Waals surface area contributed by atoms with E-state index in [4.69, 9.17) is 11.6 Å². The second-order valence-corrected chi connectivity index (χ2v) is 5.53. The first-order chi connectivity index (χ1) is 9.02. The number of nitrogens with zero attached hydrogens (tertiary/aromatic N) is 1. The van der Waals surface area contributed by atoms with E-state index in [0.29, 0.717) is 22.8 Å². The standard InChI is InChI=1S/C12H7ClFNO3S/c13-9-5(14)1-2-6-7(9)10(16)8(12(17)18)11-15(6)3-4-19-11/h1-2H,3-4H2,(H,17,18). The summed E-state index contributed by atoms with van der Waals surface area (Å²) in [5.41, 5.74) is -0.587. The zero-order chi connectivity index (χ0) is 13.7. The summed E-state index contributed by atoms with van der Waals surface area (Å²) in [4.78, 5) is 23.5. The van der Waals surface area contributed by atoms with E-state index in [-0.39, 0.29) is 16.0 Å². The van der Waals surface area contributed by atoms with Gasteiger partial charge in [0.2, 0.25) is 5.43 Å². The fourth-order valence-electron chi connectivity index (χ4n) is 2.24. The number of carboxylic acid groups (broad SMARTS) is 1. The molecule has 0 amide bonds. The SMILES string of the molecule is O=C(O)c1c2n(c3ccc(F)c(Cl)c3c1=O)CCS2. The fraction of sp³-hybridized carbons (Fsp3) is 0.167. The normalized spacial score (nSPS) is 13.8. The van der Waals surface area contributed by atoms with Crippen LogP contribution in [-0.2, 0) is 6.54 Å². The van der Waals surface area contributed by atoms with Crippen LogP contribution in [0, 0.1) is 5.82 Å². The average Bonchev–Trinajstić information content (AvgIpc) is 2.81. The summed E-state index contributed by atoms with van der Waals surface area (Å²) in [6.07, 6.45) is 0. The fourth-order valence-corrected chi connectivity index (χ4v) is 3.62. The Hall–Kier alpha value is -1.53. The molecule has 0 saturated carbocycles. The van der Waals surface area contributed by atoms with Crippen molar-refractivity contribution in [2.24, 2.45) is 0 Å². The van der Waals surface area contributed by atoms with Gasteiger partial charge in [0.15, 0.2) is 0 Å². The van der Waals surface area contributed by atoms with Crippen LogP contribution in [0.3, 0.4) is 0 Å². The van der Waals surface area contributed by atoms with Gasteiger partial charge in [-0.15, -0.1) is 11.8 Å². The Morgan fingerprint density at radius 1 is 1.47 bits per heavy atom. The van der Waals surface area contributed by atoms with Crippen LogP contribution in [0.2, 0.25) is 5.02 Å². The molecule has 7 heteroatoms. The molecule has 1 N–H and O–H groups in total. The quantitative estimate of drug-likeness (QED) is 0.879. The maximum Gasteiger partial charge on any atom is 0.342 e. The number of fused-ring (bicyclic) bond motifs is 3. The summed E-state index contributed by atoms with van der Waals surface area (Å²) in [7, 11) is 0. The summed E-state index contributed by atoms with van der Waals surface area (Å²) in [5.74, 6) is -1.37. The number of aryl methyl sites for hydroxylation is 1. The number of thioether (sulfide) groups is 1. The molecule has 1 aromatic carbocycles. The lowest BCUT2D eigenvalue weighted by molar-refractivity contribution is 0.0690. The van der Waals surface area contributed by atoms with E-state index in [0.717, 1.165) is 0 Å². The Labute approximate surface area is 115 Å². The number of pyridine rings is 1. The van der Waals surface area contributed by atoms with Crippen LogP contribution < -0.4 is 5.43 Å². The number of hydrogen-bond acceptors (Lipinski definition) is 3. The van der Waals surface area contributed by atoms with Gasteiger partial charge in [-0.25, -0.2) is 9.18 Å². The van der Waals surface area contributed by atoms with E-state index in [2.05, 4.69) is 0 Å². The van der Waals surface area contributed by atoms with E-state index in [1.165, 1.54) is 23.9 Å². The van der Waals surface area contributed by atoms with Gasteiger partial charge in [-0.3, -0.25) is 4.79 Å². The number of rotatable bonds is 1. The minimum absolute atomic E-state index is 0.0645. The Bertz CT molecular complexity index is 787. The molecule has 19 heavy (non-hydrogen) atoms. The number of hydrogen-bond donors (Lipinski definition) is 1. The molecule has 0 atom stereocenters. The first-order valence-corrected chi connectivity index (χ1v) is 6.79. The monoisotopic (exact) mass is 299 g/mol. The first kappa shape index (κ1) is 12.5. The molecular formula is C12H7ClFNO3S. The lowest BCUT2D eigenvalue weighted by Gasteiger charge is -2.12. The zero-order valence-corrected chi connectivity index (χ0v) is 11.0. The molecule has 2 aromatic rings. The number of aromatic nitrogens is 1. The second kappa shape index (κ2) is 4.25. The van der Waals surface area contributed by atoms with Crippen LogP contribution in [0.25, 0.3) is 10.9 Å². The Morgan fingerprint density at radius 2 is 2.21 bits per heavy atom. The van der Waals surface area contributed by atoms with Gasteiger partial charge < -0.3 is 9.67 Å². The molecule has 2 heterocycles. The molecule has 0 spiro atoms. The highest BCUT2D eigenvalue weighted by Gasteiger charge is 2.27. The molecular weight excluding hydrogens is 293 g/mol. The maximum atomic E-state index is 13.5. The number of carboxylic acids is 1. The molecule has 0 fully saturated rings. The minimum atomic E-state index is -1.31. The van der Waals surface area contributed by atoms with Crippen molar-refractivity contribution in [3.63, 3.8) is 0 Å². The third-order valence-corrected chi connectivity index (χ3v) is 4.50. The van der Waals surface area contributed by atoms with E-state index >= 15 is 0 Å². The molecule has 98 valence electrons. The van der Waals surface area contributed by atoms with Crippen molar-refractivity contribution >= 4 is 40.2 Å².